The first-order valence-corrected chi connectivity index (χ1v) is 7.80. The molecule has 0 bridgehead atoms. The Balaban J connectivity index is 2.31. The van der Waals surface area contributed by atoms with Crippen molar-refractivity contribution in [2.24, 2.45) is 0 Å². The largest absolute Gasteiger partial charge is 0.316 e. The lowest BCUT2D eigenvalue weighted by atomic mass is 10.2. The van der Waals surface area contributed by atoms with Gasteiger partial charge in [-0.3, -0.25) is 0 Å². The molecule has 4 heteroatoms. The second kappa shape index (κ2) is 7.45. The Hall–Kier alpha value is -0.870. The van der Waals surface area contributed by atoms with Gasteiger partial charge >= 0.3 is 0 Å². The van der Waals surface area contributed by atoms with E-state index in [-0.39, 0.29) is 5.75 Å². The third-order valence-electron chi connectivity index (χ3n) is 2.61. The van der Waals surface area contributed by atoms with Gasteiger partial charge in [0.15, 0.2) is 9.84 Å². The molecule has 0 saturated heterocycles. The highest BCUT2D eigenvalue weighted by molar-refractivity contribution is 7.91. The van der Waals surface area contributed by atoms with Crippen molar-refractivity contribution in [1.29, 1.82) is 0 Å². The van der Waals surface area contributed by atoms with Crippen LogP contribution < -0.4 is 5.32 Å². The first-order chi connectivity index (χ1) is 8.17. The summed E-state index contributed by atoms with van der Waals surface area (Å²) >= 11 is 0. The lowest BCUT2D eigenvalue weighted by Crippen LogP contribution is -2.24. The second-order valence-corrected chi connectivity index (χ2v) is 6.20. The summed E-state index contributed by atoms with van der Waals surface area (Å²) in [4.78, 5) is 0.412. The minimum absolute atomic E-state index is 0.170. The van der Waals surface area contributed by atoms with E-state index in [2.05, 4.69) is 12.2 Å². The molecule has 3 nitrogen and oxygen atoms in total. The monoisotopic (exact) mass is 255 g/mol. The predicted octanol–water partition coefficient (Wildman–Crippen LogP) is 2.24. The van der Waals surface area contributed by atoms with Crippen LogP contribution in [0.2, 0.25) is 0 Å². The van der Waals surface area contributed by atoms with E-state index in [1.807, 2.05) is 6.07 Å². The van der Waals surface area contributed by atoms with E-state index in [0.717, 1.165) is 13.0 Å². The molecule has 1 aromatic carbocycles. The van der Waals surface area contributed by atoms with Crippen LogP contribution in [-0.4, -0.2) is 27.3 Å². The average molecular weight is 255 g/mol. The van der Waals surface area contributed by atoms with Crippen LogP contribution in [0.3, 0.4) is 0 Å². The van der Waals surface area contributed by atoms with Crippen LogP contribution in [0.15, 0.2) is 35.2 Å². The first-order valence-electron chi connectivity index (χ1n) is 6.15. The van der Waals surface area contributed by atoms with Gasteiger partial charge in [-0.05, 0) is 25.1 Å². The Morgan fingerprint density at radius 1 is 1.06 bits per heavy atom. The molecule has 0 fully saturated rings. The minimum atomic E-state index is -3.12. The average Bonchev–Trinajstić information content (AvgIpc) is 2.35. The fraction of sp³-hybridized carbons (Fsp3) is 0.538. The molecule has 0 spiro atoms. The Morgan fingerprint density at radius 2 is 1.76 bits per heavy atom. The van der Waals surface area contributed by atoms with Crippen molar-refractivity contribution < 1.29 is 8.42 Å². The standard InChI is InChI=1S/C13H21NO2S/c1-2-3-7-10-14-11-12-17(15,16)13-8-5-4-6-9-13/h4-6,8-9,14H,2-3,7,10-12H2,1H3. The number of rotatable bonds is 8. The molecule has 17 heavy (non-hydrogen) atoms. The van der Waals surface area contributed by atoms with E-state index in [9.17, 15) is 8.42 Å². The van der Waals surface area contributed by atoms with Crippen LogP contribution in [0.5, 0.6) is 0 Å². The Bertz CT molecular complexity index is 401. The highest BCUT2D eigenvalue weighted by atomic mass is 32.2. The highest BCUT2D eigenvalue weighted by Crippen LogP contribution is 2.09. The maximum Gasteiger partial charge on any atom is 0.179 e. The summed E-state index contributed by atoms with van der Waals surface area (Å²) in [6, 6.07) is 8.62. The molecule has 0 atom stereocenters. The predicted molar refractivity (Wildman–Crippen MR) is 70.9 cm³/mol. The van der Waals surface area contributed by atoms with E-state index in [0.29, 0.717) is 11.4 Å². The van der Waals surface area contributed by atoms with Gasteiger partial charge in [-0.1, -0.05) is 38.0 Å². The van der Waals surface area contributed by atoms with Crippen LogP contribution in [0.4, 0.5) is 0 Å². The van der Waals surface area contributed by atoms with Crippen LogP contribution in [-0.2, 0) is 9.84 Å². The van der Waals surface area contributed by atoms with E-state index in [4.69, 9.17) is 0 Å². The third kappa shape index (κ3) is 5.33. The Labute approximate surface area is 104 Å². The molecule has 0 radical (unpaired) electrons. The molecule has 1 N–H and O–H groups in total. The van der Waals surface area contributed by atoms with Gasteiger partial charge < -0.3 is 5.32 Å². The molecule has 0 aromatic heterocycles. The number of benzene rings is 1. The van der Waals surface area contributed by atoms with Gasteiger partial charge in [0.2, 0.25) is 0 Å². The van der Waals surface area contributed by atoms with Crippen molar-refractivity contribution in [3.63, 3.8) is 0 Å². The summed E-state index contributed by atoms with van der Waals surface area (Å²) < 4.78 is 23.8. The fourth-order valence-corrected chi connectivity index (χ4v) is 2.80. The summed E-state index contributed by atoms with van der Waals surface area (Å²) in [5.74, 6) is 0.170. The van der Waals surface area contributed by atoms with E-state index < -0.39 is 9.84 Å². The molecule has 96 valence electrons. The number of hydrogen-bond donors (Lipinski definition) is 1. The number of sulfone groups is 1. The van der Waals surface area contributed by atoms with Gasteiger partial charge in [0, 0.05) is 6.54 Å². The molecule has 0 saturated carbocycles. The Morgan fingerprint density at radius 3 is 2.41 bits per heavy atom. The van der Waals surface area contributed by atoms with E-state index in [1.54, 1.807) is 24.3 Å². The molecular weight excluding hydrogens is 234 g/mol. The summed E-state index contributed by atoms with van der Waals surface area (Å²) in [6.45, 7) is 3.58. The van der Waals surface area contributed by atoms with Crippen LogP contribution in [0.25, 0.3) is 0 Å². The van der Waals surface area contributed by atoms with Crippen molar-refractivity contribution in [3.05, 3.63) is 30.3 Å². The summed E-state index contributed by atoms with van der Waals surface area (Å²) in [5.41, 5.74) is 0. The molecule has 0 aliphatic rings. The third-order valence-corrected chi connectivity index (χ3v) is 4.34. The second-order valence-electron chi connectivity index (χ2n) is 4.09. The normalized spacial score (nSPS) is 11.6. The fourth-order valence-electron chi connectivity index (χ4n) is 1.58. The SMILES string of the molecule is CCCCCNCCS(=O)(=O)c1ccccc1. The molecule has 0 unspecified atom stereocenters. The summed E-state index contributed by atoms with van der Waals surface area (Å²) in [7, 11) is -3.12. The molecule has 1 aromatic rings. The highest BCUT2D eigenvalue weighted by Gasteiger charge is 2.12. The van der Waals surface area contributed by atoms with E-state index >= 15 is 0 Å². The molecule has 0 heterocycles. The van der Waals surface area contributed by atoms with Crippen LogP contribution in [0, 0.1) is 0 Å². The number of nitrogens with one attached hydrogen (secondary N) is 1. The summed E-state index contributed by atoms with van der Waals surface area (Å²) in [6.07, 6.45) is 3.49. The van der Waals surface area contributed by atoms with Crippen LogP contribution in [0.1, 0.15) is 26.2 Å². The maximum atomic E-state index is 11.9. The number of hydrogen-bond acceptors (Lipinski definition) is 3. The summed E-state index contributed by atoms with van der Waals surface area (Å²) in [5, 5.41) is 3.17. The van der Waals surface area contributed by atoms with Gasteiger partial charge in [-0.15, -0.1) is 0 Å². The van der Waals surface area contributed by atoms with Gasteiger partial charge in [-0.25, -0.2) is 8.42 Å². The van der Waals surface area contributed by atoms with Crippen molar-refractivity contribution in [2.45, 2.75) is 31.1 Å². The lowest BCUT2D eigenvalue weighted by molar-refractivity contribution is 0.586. The minimum Gasteiger partial charge on any atom is -0.316 e. The molecule has 0 aliphatic heterocycles. The van der Waals surface area contributed by atoms with Crippen molar-refractivity contribution in [1.82, 2.24) is 5.32 Å². The van der Waals surface area contributed by atoms with Gasteiger partial charge in [0.25, 0.3) is 0 Å². The zero-order valence-corrected chi connectivity index (χ0v) is 11.2. The first kappa shape index (κ1) is 14.2. The van der Waals surface area contributed by atoms with Crippen LogP contribution >= 0.6 is 0 Å². The quantitative estimate of drug-likeness (QED) is 0.725. The topological polar surface area (TPSA) is 46.2 Å². The zero-order chi connectivity index (χ0) is 12.6. The molecule has 1 rings (SSSR count). The van der Waals surface area contributed by atoms with Gasteiger partial charge in [0.05, 0.1) is 10.6 Å². The van der Waals surface area contributed by atoms with Crippen molar-refractivity contribution in [2.75, 3.05) is 18.8 Å². The van der Waals surface area contributed by atoms with E-state index in [1.165, 1.54) is 12.8 Å². The molecular formula is C13H21NO2S. The lowest BCUT2D eigenvalue weighted by Gasteiger charge is -2.05. The van der Waals surface area contributed by atoms with Crippen molar-refractivity contribution in [3.8, 4) is 0 Å². The molecule has 0 amide bonds. The Kier molecular flexibility index (Phi) is 6.22. The molecule has 0 aliphatic carbocycles. The van der Waals surface area contributed by atoms with Gasteiger partial charge in [-0.2, -0.15) is 0 Å². The number of unbranched alkanes of at least 4 members (excludes halogenated alkanes) is 2. The smallest absolute Gasteiger partial charge is 0.179 e. The maximum absolute atomic E-state index is 11.9. The van der Waals surface area contributed by atoms with Crippen molar-refractivity contribution >= 4 is 9.84 Å². The zero-order valence-electron chi connectivity index (χ0n) is 10.4. The van der Waals surface area contributed by atoms with Gasteiger partial charge in [0.1, 0.15) is 0 Å².